The van der Waals surface area contributed by atoms with Crippen LogP contribution in [0.3, 0.4) is 0 Å². The highest BCUT2D eigenvalue weighted by molar-refractivity contribution is 4.97. The molecule has 0 radical (unpaired) electrons. The van der Waals surface area contributed by atoms with Crippen molar-refractivity contribution in [1.82, 2.24) is 0 Å². The molecule has 0 aromatic carbocycles. The highest BCUT2D eigenvalue weighted by atomic mass is 16.7. The van der Waals surface area contributed by atoms with Crippen LogP contribution in [0, 0.1) is 20.2 Å². The number of rotatable bonds is 9. The van der Waals surface area contributed by atoms with Crippen molar-refractivity contribution in [2.45, 2.75) is 76.0 Å². The van der Waals surface area contributed by atoms with E-state index in [0.29, 0.717) is 26.4 Å². The second-order valence-electron chi connectivity index (χ2n) is 7.72. The molecular weight excluding hydrogens is 348 g/mol. The molecule has 0 amide bonds. The van der Waals surface area contributed by atoms with Gasteiger partial charge in [-0.05, 0) is 13.8 Å². The molecule has 0 aromatic rings. The average molecular weight is 376 g/mol. The molecule has 26 heavy (non-hydrogen) atoms. The minimum atomic E-state index is -1.80. The van der Waals surface area contributed by atoms with E-state index in [1.807, 2.05) is 0 Å². The third-order valence-electron chi connectivity index (χ3n) is 5.89. The Morgan fingerprint density at radius 2 is 1.04 bits per heavy atom. The largest absolute Gasteiger partial charge is 0.348 e. The predicted octanol–water partition coefficient (Wildman–Crippen LogP) is 2.14. The summed E-state index contributed by atoms with van der Waals surface area (Å²) in [6.07, 6.45) is 0.287. The first kappa shape index (κ1) is 20.9. The quantitative estimate of drug-likeness (QED) is 0.443. The molecule has 2 fully saturated rings. The lowest BCUT2D eigenvalue weighted by Crippen LogP contribution is -2.61. The van der Waals surface area contributed by atoms with Crippen molar-refractivity contribution >= 4 is 0 Å². The third-order valence-corrected chi connectivity index (χ3v) is 5.89. The zero-order valence-corrected chi connectivity index (χ0v) is 15.8. The molecule has 0 saturated carbocycles. The first-order valence-electron chi connectivity index (χ1n) is 8.81. The van der Waals surface area contributed by atoms with Gasteiger partial charge in [-0.2, -0.15) is 0 Å². The van der Waals surface area contributed by atoms with Crippen molar-refractivity contribution in [3.8, 4) is 0 Å². The fraction of sp³-hybridized carbons (Fsp3) is 1.00. The average Bonchev–Trinajstić information content (AvgIpc) is 3.19. The van der Waals surface area contributed by atoms with E-state index in [1.54, 1.807) is 13.8 Å². The fourth-order valence-corrected chi connectivity index (χ4v) is 3.46. The summed E-state index contributed by atoms with van der Waals surface area (Å²) < 4.78 is 22.0. The van der Waals surface area contributed by atoms with E-state index in [-0.39, 0.29) is 25.7 Å². The van der Waals surface area contributed by atoms with Gasteiger partial charge in [-0.1, -0.05) is 0 Å². The maximum atomic E-state index is 11.9. The molecule has 10 heteroatoms. The van der Waals surface area contributed by atoms with Gasteiger partial charge >= 0.3 is 0 Å². The highest BCUT2D eigenvalue weighted by Crippen LogP contribution is 2.41. The van der Waals surface area contributed by atoms with Gasteiger partial charge in [0, 0.05) is 49.4 Å². The van der Waals surface area contributed by atoms with E-state index in [0.717, 1.165) is 0 Å². The molecular formula is C16H28N2O8. The van der Waals surface area contributed by atoms with Crippen molar-refractivity contribution in [3.63, 3.8) is 0 Å². The topological polar surface area (TPSA) is 123 Å². The third kappa shape index (κ3) is 3.98. The molecule has 2 aliphatic rings. The summed E-state index contributed by atoms with van der Waals surface area (Å²) in [7, 11) is 0. The molecule has 10 nitrogen and oxygen atoms in total. The summed E-state index contributed by atoms with van der Waals surface area (Å²) in [6.45, 7) is 7.68. The Bertz CT molecular complexity index is 496. The van der Waals surface area contributed by atoms with E-state index in [1.165, 1.54) is 13.8 Å². The van der Waals surface area contributed by atoms with Gasteiger partial charge in [0.2, 0.25) is 0 Å². The van der Waals surface area contributed by atoms with Crippen LogP contribution in [-0.4, -0.2) is 58.9 Å². The maximum Gasteiger partial charge on any atom is 0.287 e. The zero-order valence-electron chi connectivity index (χ0n) is 15.8. The van der Waals surface area contributed by atoms with Gasteiger partial charge in [0.1, 0.15) is 0 Å². The molecule has 0 aromatic heterocycles. The zero-order chi connectivity index (χ0) is 19.6. The van der Waals surface area contributed by atoms with Crippen LogP contribution < -0.4 is 0 Å². The Kier molecular flexibility index (Phi) is 5.91. The Morgan fingerprint density at radius 1 is 0.769 bits per heavy atom. The summed E-state index contributed by atoms with van der Waals surface area (Å²) in [5.41, 5.74) is -3.60. The molecule has 2 aliphatic heterocycles. The van der Waals surface area contributed by atoms with E-state index < -0.39 is 32.5 Å². The number of hydrogen-bond donors (Lipinski definition) is 0. The van der Waals surface area contributed by atoms with Crippen molar-refractivity contribution in [1.29, 1.82) is 0 Å². The lowest BCUT2D eigenvalue weighted by Gasteiger charge is -2.35. The Balaban J connectivity index is 2.19. The molecule has 0 N–H and O–H groups in total. The van der Waals surface area contributed by atoms with Crippen molar-refractivity contribution < 1.29 is 28.8 Å². The molecule has 2 saturated heterocycles. The van der Waals surface area contributed by atoms with Crippen molar-refractivity contribution in [2.75, 3.05) is 26.4 Å². The Labute approximate surface area is 152 Å². The van der Waals surface area contributed by atoms with E-state index in [4.69, 9.17) is 18.9 Å². The summed E-state index contributed by atoms with van der Waals surface area (Å²) in [4.78, 5) is 22.7. The van der Waals surface area contributed by atoms with Gasteiger partial charge in [-0.3, -0.25) is 20.2 Å². The van der Waals surface area contributed by atoms with Crippen LogP contribution in [-0.2, 0) is 18.9 Å². The van der Waals surface area contributed by atoms with Gasteiger partial charge in [0.25, 0.3) is 11.1 Å². The molecule has 0 aliphatic carbocycles. The Morgan fingerprint density at radius 3 is 1.27 bits per heavy atom. The predicted molar refractivity (Wildman–Crippen MR) is 89.9 cm³/mol. The van der Waals surface area contributed by atoms with Gasteiger partial charge < -0.3 is 18.9 Å². The molecule has 2 rings (SSSR count). The van der Waals surface area contributed by atoms with Crippen LogP contribution in [0.5, 0.6) is 0 Å². The first-order valence-corrected chi connectivity index (χ1v) is 8.81. The normalized spacial score (nSPS) is 26.2. The fourth-order valence-electron chi connectivity index (χ4n) is 3.46. The van der Waals surface area contributed by atoms with Crippen LogP contribution in [0.2, 0.25) is 0 Å². The highest BCUT2D eigenvalue weighted by Gasteiger charge is 2.65. The number of ether oxygens (including phenoxy) is 4. The van der Waals surface area contributed by atoms with Crippen LogP contribution in [0.1, 0.15) is 53.4 Å². The van der Waals surface area contributed by atoms with Crippen molar-refractivity contribution in [2.24, 2.45) is 0 Å². The van der Waals surface area contributed by atoms with Gasteiger partial charge in [0.05, 0.1) is 26.4 Å². The molecule has 2 atom stereocenters. The lowest BCUT2D eigenvalue weighted by molar-refractivity contribution is -0.682. The van der Waals surface area contributed by atoms with Gasteiger partial charge in [0.15, 0.2) is 11.6 Å². The first-order chi connectivity index (χ1) is 12.0. The summed E-state index contributed by atoms with van der Waals surface area (Å²) in [6, 6.07) is 0. The second-order valence-corrected chi connectivity index (χ2v) is 7.72. The monoisotopic (exact) mass is 376 g/mol. The summed E-state index contributed by atoms with van der Waals surface area (Å²) >= 11 is 0. The van der Waals surface area contributed by atoms with E-state index >= 15 is 0 Å². The smallest absolute Gasteiger partial charge is 0.287 e. The molecule has 0 unspecified atom stereocenters. The number of nitro groups is 2. The van der Waals surface area contributed by atoms with Crippen LogP contribution in [0.25, 0.3) is 0 Å². The van der Waals surface area contributed by atoms with Gasteiger partial charge in [-0.15, -0.1) is 0 Å². The summed E-state index contributed by atoms with van der Waals surface area (Å²) in [5.74, 6) is -1.89. The molecule has 0 spiro atoms. The van der Waals surface area contributed by atoms with Gasteiger partial charge in [-0.25, -0.2) is 0 Å². The van der Waals surface area contributed by atoms with Crippen LogP contribution in [0.4, 0.5) is 0 Å². The van der Waals surface area contributed by atoms with Crippen molar-refractivity contribution in [3.05, 3.63) is 20.2 Å². The lowest BCUT2D eigenvalue weighted by atomic mass is 9.73. The number of hydrogen-bond acceptors (Lipinski definition) is 8. The SMILES string of the molecule is CC1(CC[C@@](C)([N+](=O)[O-])[C@](C)(CCC2(C)OCCO2)[N+](=O)[O-])OCCO1. The maximum absolute atomic E-state index is 11.9. The second kappa shape index (κ2) is 7.34. The summed E-state index contributed by atoms with van der Waals surface area (Å²) in [5, 5.41) is 23.8. The molecule has 0 bridgehead atoms. The number of nitrogens with zero attached hydrogens (tertiary/aromatic N) is 2. The molecule has 2 heterocycles. The van der Waals surface area contributed by atoms with E-state index in [2.05, 4.69) is 0 Å². The van der Waals surface area contributed by atoms with E-state index in [9.17, 15) is 20.2 Å². The van der Waals surface area contributed by atoms with Crippen LogP contribution >= 0.6 is 0 Å². The molecule has 150 valence electrons. The minimum Gasteiger partial charge on any atom is -0.348 e. The standard InChI is InChI=1S/C16H28N2O8/c1-13(17(19)20,5-7-15(3)23-9-10-24-15)14(2,18(21)22)6-8-16(4)25-11-12-26-16/h5-12H2,1-4H3/t13-,14+. The van der Waals surface area contributed by atoms with Crippen LogP contribution in [0.15, 0.2) is 0 Å². The minimum absolute atomic E-state index is 0.0492. The Hall–Kier alpha value is -1.36.